The van der Waals surface area contributed by atoms with Gasteiger partial charge in [-0.25, -0.2) is 0 Å². The van der Waals surface area contributed by atoms with Crippen LogP contribution in [0.1, 0.15) is 90.0 Å². The second-order valence-corrected chi connectivity index (χ2v) is 11.5. The summed E-state index contributed by atoms with van der Waals surface area (Å²) in [5.41, 5.74) is 1.37. The number of amides is 2. The summed E-state index contributed by atoms with van der Waals surface area (Å²) in [4.78, 5) is 45.1. The van der Waals surface area contributed by atoms with E-state index in [1.165, 1.54) is 24.8 Å². The van der Waals surface area contributed by atoms with Gasteiger partial charge in [-0.3, -0.25) is 19.4 Å². The van der Waals surface area contributed by atoms with Crippen molar-refractivity contribution in [3.05, 3.63) is 107 Å². The maximum absolute atomic E-state index is 14.2. The maximum atomic E-state index is 14.2. The molecule has 0 saturated heterocycles. The summed E-state index contributed by atoms with van der Waals surface area (Å²) in [5, 5.41) is 2.70. The number of nitrogens with one attached hydrogen (secondary N) is 1. The Balaban J connectivity index is 1.43. The number of hydrogen-bond donors (Lipinski definition) is 1. The molecular weight excluding hydrogens is 583 g/mol. The quantitative estimate of drug-likeness (QED) is 0.266. The Morgan fingerprint density at radius 3 is 2.22 bits per heavy atom. The standard InChI is InChI=1S/C35H36F3N3O4/c1-3-29(25-9-11-27(12-10-25)32(43)39-22-19-30(42)45-2)41-33(44)31(26-13-15-28(16-14-26)35(36,37)38)40-34(41)20-17-24(18-21-34)23-7-5-4-6-8-23/h4-16,24,29H,3,17-22H2,1-2H3,(H,39,43)/t24?,29-,34?/m1/s1. The monoisotopic (exact) mass is 619 g/mol. The SMILES string of the molecule is CC[C@H](c1ccc(C(=O)NCCC(=O)OC)cc1)N1C(=O)C(c2ccc(C(F)(F)F)cc2)=NC12CCC(c1ccccc1)CC2. The van der Waals surface area contributed by atoms with Crippen LogP contribution >= 0.6 is 0 Å². The normalized spacial score (nSPS) is 20.6. The van der Waals surface area contributed by atoms with E-state index < -0.39 is 23.4 Å². The molecule has 45 heavy (non-hydrogen) atoms. The van der Waals surface area contributed by atoms with E-state index in [-0.39, 0.29) is 36.5 Å². The molecule has 3 aromatic carbocycles. The van der Waals surface area contributed by atoms with E-state index in [4.69, 9.17) is 4.99 Å². The van der Waals surface area contributed by atoms with Crippen molar-refractivity contribution < 1.29 is 32.3 Å². The van der Waals surface area contributed by atoms with Crippen LogP contribution in [0.25, 0.3) is 0 Å². The molecule has 0 aromatic heterocycles. The van der Waals surface area contributed by atoms with Crippen LogP contribution in [0.15, 0.2) is 83.9 Å². The molecule has 0 unspecified atom stereocenters. The van der Waals surface area contributed by atoms with Crippen molar-refractivity contribution in [2.45, 2.75) is 69.2 Å². The van der Waals surface area contributed by atoms with Gasteiger partial charge in [-0.1, -0.05) is 61.5 Å². The van der Waals surface area contributed by atoms with Gasteiger partial charge in [0, 0.05) is 17.7 Å². The molecule has 1 atom stereocenters. The van der Waals surface area contributed by atoms with Crippen LogP contribution in [0.5, 0.6) is 0 Å². The number of carbonyl (C=O) groups is 3. The Kier molecular flexibility index (Phi) is 9.41. The lowest BCUT2D eigenvalue weighted by atomic mass is 9.77. The third-order valence-electron chi connectivity index (χ3n) is 8.83. The zero-order chi connectivity index (χ0) is 32.2. The summed E-state index contributed by atoms with van der Waals surface area (Å²) < 4.78 is 44.4. The highest BCUT2D eigenvalue weighted by Gasteiger charge is 2.51. The molecule has 1 saturated carbocycles. The van der Waals surface area contributed by atoms with Crippen molar-refractivity contribution in [2.24, 2.45) is 4.99 Å². The molecule has 1 N–H and O–H groups in total. The summed E-state index contributed by atoms with van der Waals surface area (Å²) in [7, 11) is 1.29. The Bertz CT molecular complexity index is 1550. The number of aliphatic imine (C=N–C) groups is 1. The van der Waals surface area contributed by atoms with Crippen LogP contribution in [0.2, 0.25) is 0 Å². The van der Waals surface area contributed by atoms with E-state index in [0.717, 1.165) is 30.5 Å². The first-order valence-corrected chi connectivity index (χ1v) is 15.2. The van der Waals surface area contributed by atoms with Crippen LogP contribution in [0.4, 0.5) is 13.2 Å². The lowest BCUT2D eigenvalue weighted by Gasteiger charge is -2.45. The van der Waals surface area contributed by atoms with Crippen LogP contribution in [-0.4, -0.2) is 47.7 Å². The number of halogens is 3. The van der Waals surface area contributed by atoms with Gasteiger partial charge in [0.15, 0.2) is 0 Å². The van der Waals surface area contributed by atoms with Gasteiger partial charge in [0.2, 0.25) is 0 Å². The van der Waals surface area contributed by atoms with E-state index in [1.807, 2.05) is 42.2 Å². The van der Waals surface area contributed by atoms with Crippen molar-refractivity contribution in [3.8, 4) is 0 Å². The van der Waals surface area contributed by atoms with E-state index in [0.29, 0.717) is 36.3 Å². The van der Waals surface area contributed by atoms with Crippen molar-refractivity contribution in [1.29, 1.82) is 0 Å². The molecule has 0 radical (unpaired) electrons. The minimum Gasteiger partial charge on any atom is -0.469 e. The molecule has 7 nitrogen and oxygen atoms in total. The molecular formula is C35H36F3N3O4. The summed E-state index contributed by atoms with van der Waals surface area (Å²) in [6.45, 7) is 2.12. The Hall–Kier alpha value is -4.47. The van der Waals surface area contributed by atoms with Gasteiger partial charge >= 0.3 is 12.1 Å². The fraction of sp³-hybridized carbons (Fsp3) is 0.371. The number of ether oxygens (including phenoxy) is 1. The largest absolute Gasteiger partial charge is 0.469 e. The average molecular weight is 620 g/mol. The van der Waals surface area contributed by atoms with Crippen molar-refractivity contribution in [3.63, 3.8) is 0 Å². The second kappa shape index (κ2) is 13.3. The number of esters is 1. The van der Waals surface area contributed by atoms with Crippen molar-refractivity contribution >= 4 is 23.5 Å². The minimum absolute atomic E-state index is 0.0593. The number of benzene rings is 3. The fourth-order valence-electron chi connectivity index (χ4n) is 6.45. The topological polar surface area (TPSA) is 88.1 Å². The highest BCUT2D eigenvalue weighted by atomic mass is 19.4. The van der Waals surface area contributed by atoms with E-state index >= 15 is 0 Å². The molecule has 0 bridgehead atoms. The number of carbonyl (C=O) groups excluding carboxylic acids is 3. The number of alkyl halides is 3. The first-order valence-electron chi connectivity index (χ1n) is 15.2. The molecule has 1 aliphatic heterocycles. The van der Waals surface area contributed by atoms with Gasteiger partial charge in [0.05, 0.1) is 25.1 Å². The molecule has 1 aliphatic carbocycles. The highest BCUT2D eigenvalue weighted by molar-refractivity contribution is 6.46. The zero-order valence-corrected chi connectivity index (χ0v) is 25.3. The van der Waals surface area contributed by atoms with Gasteiger partial charge in [-0.15, -0.1) is 0 Å². The smallest absolute Gasteiger partial charge is 0.416 e. The van der Waals surface area contributed by atoms with E-state index in [9.17, 15) is 27.6 Å². The predicted molar refractivity (Wildman–Crippen MR) is 164 cm³/mol. The van der Waals surface area contributed by atoms with Crippen LogP contribution in [-0.2, 0) is 20.5 Å². The van der Waals surface area contributed by atoms with Gasteiger partial charge < -0.3 is 15.0 Å². The molecule has 10 heteroatoms. The first-order chi connectivity index (χ1) is 21.6. The molecule has 2 amide bonds. The van der Waals surface area contributed by atoms with Gasteiger partial charge in [0.25, 0.3) is 11.8 Å². The maximum Gasteiger partial charge on any atom is 0.416 e. The number of nitrogens with zero attached hydrogens (tertiary/aromatic N) is 2. The lowest BCUT2D eigenvalue weighted by molar-refractivity contribution is -0.140. The van der Waals surface area contributed by atoms with E-state index in [2.05, 4.69) is 22.2 Å². The second-order valence-electron chi connectivity index (χ2n) is 11.5. The van der Waals surface area contributed by atoms with Gasteiger partial charge in [-0.2, -0.15) is 13.2 Å². The first kappa shape index (κ1) is 31.9. The minimum atomic E-state index is -4.49. The predicted octanol–water partition coefficient (Wildman–Crippen LogP) is 6.84. The number of methoxy groups -OCH3 is 1. The molecule has 1 fully saturated rings. The lowest BCUT2D eigenvalue weighted by Crippen LogP contribution is -2.50. The molecule has 1 heterocycles. The third-order valence-corrected chi connectivity index (χ3v) is 8.83. The summed E-state index contributed by atoms with van der Waals surface area (Å²) in [6, 6.07) is 21.5. The van der Waals surface area contributed by atoms with E-state index in [1.54, 1.807) is 12.1 Å². The summed E-state index contributed by atoms with van der Waals surface area (Å²) >= 11 is 0. The summed E-state index contributed by atoms with van der Waals surface area (Å²) in [5.74, 6) is -0.753. The van der Waals surface area contributed by atoms with Gasteiger partial charge in [-0.05, 0) is 73.4 Å². The molecule has 3 aromatic rings. The van der Waals surface area contributed by atoms with Crippen LogP contribution in [0, 0.1) is 0 Å². The molecule has 236 valence electrons. The van der Waals surface area contributed by atoms with Crippen molar-refractivity contribution in [1.82, 2.24) is 10.2 Å². The van der Waals surface area contributed by atoms with Crippen LogP contribution in [0.3, 0.4) is 0 Å². The Morgan fingerprint density at radius 2 is 1.64 bits per heavy atom. The van der Waals surface area contributed by atoms with Crippen LogP contribution < -0.4 is 5.32 Å². The number of rotatable bonds is 9. The molecule has 1 spiro atoms. The number of hydrogen-bond acceptors (Lipinski definition) is 5. The van der Waals surface area contributed by atoms with Gasteiger partial charge in [0.1, 0.15) is 11.4 Å². The molecule has 5 rings (SSSR count). The van der Waals surface area contributed by atoms with Crippen molar-refractivity contribution in [2.75, 3.05) is 13.7 Å². The Morgan fingerprint density at radius 1 is 1.00 bits per heavy atom. The average Bonchev–Trinajstić information content (AvgIpc) is 3.32. The zero-order valence-electron chi connectivity index (χ0n) is 25.3. The molecule has 2 aliphatic rings. The summed E-state index contributed by atoms with van der Waals surface area (Å²) in [6.07, 6.45) is -1.03. The third kappa shape index (κ3) is 6.79. The highest BCUT2D eigenvalue weighted by Crippen LogP contribution is 2.48. The fourth-order valence-corrected chi connectivity index (χ4v) is 6.45. The Labute approximate surface area is 260 Å².